The van der Waals surface area contributed by atoms with Crippen molar-refractivity contribution in [2.75, 3.05) is 7.11 Å². The minimum absolute atomic E-state index is 0. The lowest BCUT2D eigenvalue weighted by atomic mass is 9.83. The van der Waals surface area contributed by atoms with Crippen molar-refractivity contribution in [3.8, 4) is 0 Å². The summed E-state index contributed by atoms with van der Waals surface area (Å²) in [5.41, 5.74) is 3.81. The molecule has 0 heterocycles. The summed E-state index contributed by atoms with van der Waals surface area (Å²) in [6.45, 7) is 0. The first-order valence-electron chi connectivity index (χ1n) is 5.10. The summed E-state index contributed by atoms with van der Waals surface area (Å²) in [6, 6.07) is -0.201. The van der Waals surface area contributed by atoms with Crippen molar-refractivity contribution in [1.29, 1.82) is 0 Å². The van der Waals surface area contributed by atoms with E-state index in [1.165, 1.54) is 32.1 Å². The van der Waals surface area contributed by atoms with Gasteiger partial charge in [0.2, 0.25) is 0 Å². The standard InChI is InChI=1S/C10H19NO2.ClH/c1-13-10(9(11)7-12)8-5-3-2-4-6-8;/h7-10H,2-6,11H2,1H3;1H. The summed E-state index contributed by atoms with van der Waals surface area (Å²) in [6.07, 6.45) is 7.21. The Bertz CT molecular complexity index is 160. The summed E-state index contributed by atoms with van der Waals surface area (Å²) in [5, 5.41) is 0. The van der Waals surface area contributed by atoms with E-state index in [4.69, 9.17) is 4.74 Å². The second-order valence-electron chi connectivity index (χ2n) is 3.90. The van der Waals surface area contributed by atoms with Crippen LogP contribution >= 0.6 is 0 Å². The third-order valence-corrected chi connectivity index (χ3v) is 2.98. The Hall–Kier alpha value is -0.120. The number of quaternary nitrogens is 1. The van der Waals surface area contributed by atoms with Gasteiger partial charge in [0.25, 0.3) is 0 Å². The molecule has 0 radical (unpaired) electrons. The molecule has 3 nitrogen and oxygen atoms in total. The lowest BCUT2D eigenvalue weighted by Gasteiger charge is -2.29. The van der Waals surface area contributed by atoms with E-state index in [9.17, 15) is 4.79 Å². The molecule has 1 aliphatic rings. The zero-order valence-electron chi connectivity index (χ0n) is 8.75. The molecule has 2 unspecified atom stereocenters. The van der Waals surface area contributed by atoms with Gasteiger partial charge in [-0.15, -0.1) is 0 Å². The van der Waals surface area contributed by atoms with Crippen LogP contribution in [-0.4, -0.2) is 25.5 Å². The molecule has 0 spiro atoms. The highest BCUT2D eigenvalue weighted by atomic mass is 35.5. The molecule has 1 fully saturated rings. The van der Waals surface area contributed by atoms with Crippen LogP contribution in [0.4, 0.5) is 0 Å². The Kier molecular flexibility index (Phi) is 7.15. The van der Waals surface area contributed by atoms with E-state index < -0.39 is 0 Å². The summed E-state index contributed by atoms with van der Waals surface area (Å²) in [5.74, 6) is 0.548. The van der Waals surface area contributed by atoms with Crippen molar-refractivity contribution in [3.63, 3.8) is 0 Å². The number of methoxy groups -OCH3 is 1. The van der Waals surface area contributed by atoms with E-state index in [0.29, 0.717) is 5.92 Å². The van der Waals surface area contributed by atoms with E-state index in [1.54, 1.807) is 7.11 Å². The van der Waals surface area contributed by atoms with Crippen molar-refractivity contribution < 1.29 is 27.7 Å². The van der Waals surface area contributed by atoms with Gasteiger partial charge in [-0.3, -0.25) is 4.79 Å². The predicted octanol–water partition coefficient (Wildman–Crippen LogP) is -2.60. The maximum absolute atomic E-state index is 10.6. The van der Waals surface area contributed by atoms with Gasteiger partial charge in [0, 0.05) is 7.11 Å². The Morgan fingerprint density at radius 2 is 1.93 bits per heavy atom. The average Bonchev–Trinajstić information content (AvgIpc) is 2.20. The largest absolute Gasteiger partial charge is 1.00 e. The third kappa shape index (κ3) is 3.56. The SMILES string of the molecule is COC(C([NH3+])C=O)C1CCCCC1.[Cl-]. The van der Waals surface area contributed by atoms with Crippen LogP contribution in [0.2, 0.25) is 0 Å². The maximum atomic E-state index is 10.6. The van der Waals surface area contributed by atoms with Gasteiger partial charge in [-0.1, -0.05) is 19.3 Å². The smallest absolute Gasteiger partial charge is 0.179 e. The fraction of sp³-hybridized carbons (Fsp3) is 0.900. The van der Waals surface area contributed by atoms with Crippen LogP contribution in [-0.2, 0) is 9.53 Å². The van der Waals surface area contributed by atoms with E-state index in [2.05, 4.69) is 5.73 Å². The van der Waals surface area contributed by atoms with Crippen molar-refractivity contribution in [3.05, 3.63) is 0 Å². The van der Waals surface area contributed by atoms with Crippen LogP contribution in [0.1, 0.15) is 32.1 Å². The summed E-state index contributed by atoms with van der Waals surface area (Å²) in [7, 11) is 1.68. The zero-order chi connectivity index (χ0) is 9.68. The van der Waals surface area contributed by atoms with Gasteiger partial charge >= 0.3 is 0 Å². The monoisotopic (exact) mass is 221 g/mol. The van der Waals surface area contributed by atoms with E-state index in [-0.39, 0.29) is 24.6 Å². The van der Waals surface area contributed by atoms with Gasteiger partial charge in [0.15, 0.2) is 12.3 Å². The summed E-state index contributed by atoms with van der Waals surface area (Å²) in [4.78, 5) is 10.6. The minimum Gasteiger partial charge on any atom is -1.00 e. The van der Waals surface area contributed by atoms with Crippen molar-refractivity contribution in [1.82, 2.24) is 0 Å². The first-order chi connectivity index (χ1) is 6.29. The molecule has 0 aromatic heterocycles. The fourth-order valence-electron chi connectivity index (χ4n) is 2.26. The second kappa shape index (κ2) is 7.21. The van der Waals surface area contributed by atoms with Crippen LogP contribution in [0, 0.1) is 5.92 Å². The molecule has 0 aromatic carbocycles. The first kappa shape index (κ1) is 13.9. The lowest BCUT2D eigenvalue weighted by molar-refractivity contribution is -0.422. The van der Waals surface area contributed by atoms with Gasteiger partial charge in [0.05, 0.1) is 0 Å². The van der Waals surface area contributed by atoms with Gasteiger partial charge in [-0.2, -0.15) is 0 Å². The molecule has 2 atom stereocenters. The van der Waals surface area contributed by atoms with Gasteiger partial charge in [0.1, 0.15) is 6.10 Å². The fourth-order valence-corrected chi connectivity index (χ4v) is 2.26. The van der Waals surface area contributed by atoms with E-state index in [0.717, 1.165) is 6.29 Å². The molecule has 3 N–H and O–H groups in total. The van der Waals surface area contributed by atoms with Crippen LogP contribution in [0.5, 0.6) is 0 Å². The molecule has 0 amide bonds. The highest BCUT2D eigenvalue weighted by Gasteiger charge is 2.30. The third-order valence-electron chi connectivity index (χ3n) is 2.98. The number of hydrogen-bond donors (Lipinski definition) is 1. The van der Waals surface area contributed by atoms with Gasteiger partial charge in [-0.25, -0.2) is 0 Å². The molecule has 1 saturated carbocycles. The van der Waals surface area contributed by atoms with Crippen molar-refractivity contribution in [2.24, 2.45) is 5.92 Å². The summed E-state index contributed by atoms with van der Waals surface area (Å²) >= 11 is 0. The molecule has 0 aliphatic heterocycles. The molecule has 0 bridgehead atoms. The molecule has 1 aliphatic carbocycles. The molecule has 4 heteroatoms. The maximum Gasteiger partial charge on any atom is 0.179 e. The highest BCUT2D eigenvalue weighted by molar-refractivity contribution is 5.56. The van der Waals surface area contributed by atoms with E-state index in [1.807, 2.05) is 0 Å². The van der Waals surface area contributed by atoms with Crippen molar-refractivity contribution >= 4 is 6.29 Å². The van der Waals surface area contributed by atoms with Crippen LogP contribution in [0.15, 0.2) is 0 Å². The van der Waals surface area contributed by atoms with Gasteiger partial charge < -0.3 is 22.9 Å². The molecular weight excluding hydrogens is 202 g/mol. The quantitative estimate of drug-likeness (QED) is 0.530. The Morgan fingerprint density at radius 3 is 2.36 bits per heavy atom. The first-order valence-corrected chi connectivity index (χ1v) is 5.10. The van der Waals surface area contributed by atoms with E-state index >= 15 is 0 Å². The number of ether oxygens (including phenoxy) is 1. The molecule has 0 saturated heterocycles. The lowest BCUT2D eigenvalue weighted by Crippen LogP contribution is -3.00. The number of carbonyl (C=O) groups excluding carboxylic acids is 1. The Balaban J connectivity index is 0.00000169. The highest BCUT2D eigenvalue weighted by Crippen LogP contribution is 2.28. The number of aldehydes is 1. The number of carbonyl (C=O) groups is 1. The predicted molar refractivity (Wildman–Crippen MR) is 50.1 cm³/mol. The van der Waals surface area contributed by atoms with Crippen LogP contribution in [0.25, 0.3) is 0 Å². The second-order valence-corrected chi connectivity index (χ2v) is 3.90. The number of rotatable bonds is 4. The van der Waals surface area contributed by atoms with Crippen LogP contribution < -0.4 is 18.1 Å². The molecule has 84 valence electrons. The molecule has 14 heavy (non-hydrogen) atoms. The summed E-state index contributed by atoms with van der Waals surface area (Å²) < 4.78 is 5.35. The number of hydrogen-bond acceptors (Lipinski definition) is 2. The Morgan fingerprint density at radius 1 is 1.36 bits per heavy atom. The molecular formula is C10H20ClNO2. The average molecular weight is 222 g/mol. The Labute approximate surface area is 91.8 Å². The van der Waals surface area contributed by atoms with Gasteiger partial charge in [-0.05, 0) is 18.8 Å². The number of halogens is 1. The van der Waals surface area contributed by atoms with Crippen LogP contribution in [0.3, 0.4) is 0 Å². The molecule has 0 aromatic rings. The topological polar surface area (TPSA) is 53.9 Å². The minimum atomic E-state index is -0.201. The molecule has 1 rings (SSSR count). The van der Waals surface area contributed by atoms with Crippen molar-refractivity contribution in [2.45, 2.75) is 44.2 Å². The normalized spacial score (nSPS) is 22.1. The zero-order valence-corrected chi connectivity index (χ0v) is 9.50.